The molecule has 2 aromatic rings. The summed E-state index contributed by atoms with van der Waals surface area (Å²) in [6.45, 7) is 1.17. The Hall–Kier alpha value is -2.37. The van der Waals surface area contributed by atoms with E-state index in [0.29, 0.717) is 19.5 Å². The van der Waals surface area contributed by atoms with Crippen LogP contribution in [0.1, 0.15) is 12.0 Å². The van der Waals surface area contributed by atoms with Gasteiger partial charge < -0.3 is 9.80 Å². The zero-order chi connectivity index (χ0) is 15.2. The van der Waals surface area contributed by atoms with Crippen LogP contribution in [0, 0.1) is 0 Å². The third kappa shape index (κ3) is 4.30. The van der Waals surface area contributed by atoms with E-state index in [-0.39, 0.29) is 5.91 Å². The number of amides is 1. The quantitative estimate of drug-likeness (QED) is 0.806. The van der Waals surface area contributed by atoms with Crippen LogP contribution in [-0.2, 0) is 17.9 Å². The van der Waals surface area contributed by atoms with Crippen LogP contribution in [0.2, 0.25) is 0 Å². The number of aromatic nitrogens is 3. The lowest BCUT2D eigenvalue weighted by atomic mass is 10.2. The van der Waals surface area contributed by atoms with Gasteiger partial charge in [0.15, 0.2) is 0 Å². The van der Waals surface area contributed by atoms with E-state index in [0.717, 1.165) is 11.3 Å². The molecule has 1 heterocycles. The molecule has 0 spiro atoms. The first-order valence-electron chi connectivity index (χ1n) is 6.89. The van der Waals surface area contributed by atoms with Crippen molar-refractivity contribution in [3.8, 4) is 0 Å². The lowest BCUT2D eigenvalue weighted by Crippen LogP contribution is -2.27. The van der Waals surface area contributed by atoms with E-state index in [2.05, 4.69) is 39.2 Å². The van der Waals surface area contributed by atoms with E-state index < -0.39 is 0 Å². The highest BCUT2D eigenvalue weighted by molar-refractivity contribution is 5.75. The maximum absolute atomic E-state index is 12.1. The number of carbonyl (C=O) groups excluding carboxylic acids is 1. The summed E-state index contributed by atoms with van der Waals surface area (Å²) in [5, 5.41) is 3.99. The van der Waals surface area contributed by atoms with Gasteiger partial charge in [0.25, 0.3) is 0 Å². The van der Waals surface area contributed by atoms with Crippen molar-refractivity contribution in [3.63, 3.8) is 0 Å². The molecule has 0 N–H and O–H groups in total. The topological polar surface area (TPSA) is 54.3 Å². The molecule has 0 saturated heterocycles. The zero-order valence-electron chi connectivity index (χ0n) is 12.7. The summed E-state index contributed by atoms with van der Waals surface area (Å²) in [5.41, 5.74) is 2.27. The lowest BCUT2D eigenvalue weighted by Gasteiger charge is -2.18. The second-order valence-electron chi connectivity index (χ2n) is 5.22. The molecule has 0 atom stereocenters. The van der Waals surface area contributed by atoms with Gasteiger partial charge in [0.05, 0.1) is 6.54 Å². The second-order valence-corrected chi connectivity index (χ2v) is 5.22. The Labute approximate surface area is 125 Å². The Morgan fingerprint density at radius 3 is 2.48 bits per heavy atom. The molecule has 6 heteroatoms. The van der Waals surface area contributed by atoms with Gasteiger partial charge in [0.1, 0.15) is 12.7 Å². The SMILES string of the molecule is CN(Cc1ccc(N(C)C)cc1)C(=O)CCn1cncn1. The molecule has 0 aliphatic carbocycles. The molecule has 0 saturated carbocycles. The largest absolute Gasteiger partial charge is 0.378 e. The molecular formula is C15H21N5O. The minimum absolute atomic E-state index is 0.0992. The Balaban J connectivity index is 1.85. The molecule has 0 bridgehead atoms. The van der Waals surface area contributed by atoms with Gasteiger partial charge in [0, 0.05) is 39.8 Å². The van der Waals surface area contributed by atoms with Crippen LogP contribution < -0.4 is 4.90 Å². The second kappa shape index (κ2) is 6.88. The summed E-state index contributed by atoms with van der Waals surface area (Å²) in [7, 11) is 5.84. The fourth-order valence-corrected chi connectivity index (χ4v) is 2.01. The van der Waals surface area contributed by atoms with E-state index in [9.17, 15) is 4.79 Å². The summed E-state index contributed by atoms with van der Waals surface area (Å²) in [4.78, 5) is 19.7. The summed E-state index contributed by atoms with van der Waals surface area (Å²) >= 11 is 0. The van der Waals surface area contributed by atoms with Crippen molar-refractivity contribution < 1.29 is 4.79 Å². The van der Waals surface area contributed by atoms with E-state index in [4.69, 9.17) is 0 Å². The monoisotopic (exact) mass is 287 g/mol. The maximum atomic E-state index is 12.1. The molecule has 1 aromatic carbocycles. The van der Waals surface area contributed by atoms with Crippen molar-refractivity contribution in [2.45, 2.75) is 19.5 Å². The highest BCUT2D eigenvalue weighted by Crippen LogP contribution is 2.13. The third-order valence-electron chi connectivity index (χ3n) is 3.32. The lowest BCUT2D eigenvalue weighted by molar-refractivity contribution is -0.130. The van der Waals surface area contributed by atoms with E-state index >= 15 is 0 Å². The van der Waals surface area contributed by atoms with Crippen LogP contribution in [-0.4, -0.2) is 46.7 Å². The predicted molar refractivity (Wildman–Crippen MR) is 81.9 cm³/mol. The summed E-state index contributed by atoms with van der Waals surface area (Å²) in [5.74, 6) is 0.0992. The van der Waals surface area contributed by atoms with Crippen LogP contribution >= 0.6 is 0 Å². The third-order valence-corrected chi connectivity index (χ3v) is 3.32. The Morgan fingerprint density at radius 2 is 1.90 bits per heavy atom. The van der Waals surface area contributed by atoms with E-state index in [1.807, 2.05) is 21.1 Å². The van der Waals surface area contributed by atoms with Crippen molar-refractivity contribution in [1.82, 2.24) is 19.7 Å². The molecular weight excluding hydrogens is 266 g/mol. The van der Waals surface area contributed by atoms with Gasteiger partial charge in [-0.2, -0.15) is 5.10 Å². The van der Waals surface area contributed by atoms with Crippen LogP contribution in [0.3, 0.4) is 0 Å². The molecule has 21 heavy (non-hydrogen) atoms. The highest BCUT2D eigenvalue weighted by Gasteiger charge is 2.09. The Kier molecular flexibility index (Phi) is 4.92. The predicted octanol–water partition coefficient (Wildman–Crippen LogP) is 1.39. The molecule has 0 unspecified atom stereocenters. The van der Waals surface area contributed by atoms with Gasteiger partial charge in [-0.3, -0.25) is 9.48 Å². The number of rotatable bonds is 6. The van der Waals surface area contributed by atoms with Gasteiger partial charge in [-0.05, 0) is 17.7 Å². The van der Waals surface area contributed by atoms with Crippen molar-refractivity contribution in [1.29, 1.82) is 0 Å². The number of hydrogen-bond donors (Lipinski definition) is 0. The fraction of sp³-hybridized carbons (Fsp3) is 0.400. The molecule has 1 aromatic heterocycles. The number of hydrogen-bond acceptors (Lipinski definition) is 4. The van der Waals surface area contributed by atoms with Crippen LogP contribution in [0.4, 0.5) is 5.69 Å². The molecule has 0 radical (unpaired) electrons. The molecule has 0 aliphatic rings. The van der Waals surface area contributed by atoms with Crippen LogP contribution in [0.15, 0.2) is 36.9 Å². The number of benzene rings is 1. The normalized spacial score (nSPS) is 10.4. The van der Waals surface area contributed by atoms with E-state index in [1.54, 1.807) is 15.9 Å². The summed E-state index contributed by atoms with van der Waals surface area (Å²) in [6.07, 6.45) is 3.52. The fourth-order valence-electron chi connectivity index (χ4n) is 2.01. The van der Waals surface area contributed by atoms with Gasteiger partial charge in [0.2, 0.25) is 5.91 Å². The minimum atomic E-state index is 0.0992. The summed E-state index contributed by atoms with van der Waals surface area (Å²) < 4.78 is 1.66. The molecule has 1 amide bonds. The first kappa shape index (κ1) is 15.0. The van der Waals surface area contributed by atoms with Crippen molar-refractivity contribution in [2.75, 3.05) is 26.0 Å². The summed E-state index contributed by atoms with van der Waals surface area (Å²) in [6, 6.07) is 8.22. The average molecular weight is 287 g/mol. The first-order valence-corrected chi connectivity index (χ1v) is 6.89. The van der Waals surface area contributed by atoms with E-state index in [1.165, 1.54) is 6.33 Å². The Morgan fingerprint density at radius 1 is 1.19 bits per heavy atom. The molecule has 6 nitrogen and oxygen atoms in total. The van der Waals surface area contributed by atoms with Crippen molar-refractivity contribution in [3.05, 3.63) is 42.5 Å². The van der Waals surface area contributed by atoms with Gasteiger partial charge in [-0.15, -0.1) is 0 Å². The van der Waals surface area contributed by atoms with Crippen LogP contribution in [0.5, 0.6) is 0 Å². The maximum Gasteiger partial charge on any atom is 0.224 e. The van der Waals surface area contributed by atoms with Gasteiger partial charge >= 0.3 is 0 Å². The molecule has 0 fully saturated rings. The van der Waals surface area contributed by atoms with Crippen molar-refractivity contribution in [2.24, 2.45) is 0 Å². The van der Waals surface area contributed by atoms with Gasteiger partial charge in [-0.1, -0.05) is 12.1 Å². The molecule has 2 rings (SSSR count). The first-order chi connectivity index (χ1) is 10.1. The van der Waals surface area contributed by atoms with Gasteiger partial charge in [-0.25, -0.2) is 4.98 Å². The standard InChI is InChI=1S/C15H21N5O/c1-18(2)14-6-4-13(5-7-14)10-19(3)15(21)8-9-20-12-16-11-17-20/h4-7,11-12H,8-10H2,1-3H3. The number of nitrogens with zero attached hydrogens (tertiary/aromatic N) is 5. The molecule has 0 aliphatic heterocycles. The highest BCUT2D eigenvalue weighted by atomic mass is 16.2. The number of carbonyl (C=O) groups is 1. The zero-order valence-corrected chi connectivity index (χ0v) is 12.7. The number of aryl methyl sites for hydroxylation is 1. The Bertz CT molecular complexity index is 562. The molecule has 112 valence electrons. The minimum Gasteiger partial charge on any atom is -0.378 e. The average Bonchev–Trinajstić information content (AvgIpc) is 2.98. The van der Waals surface area contributed by atoms with Crippen molar-refractivity contribution >= 4 is 11.6 Å². The smallest absolute Gasteiger partial charge is 0.224 e. The number of anilines is 1. The van der Waals surface area contributed by atoms with Crippen LogP contribution in [0.25, 0.3) is 0 Å².